The van der Waals surface area contributed by atoms with Crippen LogP contribution >= 0.6 is 11.6 Å². The number of nitrogens with two attached hydrogens (primary N) is 1. The third-order valence-corrected chi connectivity index (χ3v) is 3.38. The molecule has 0 bridgehead atoms. The number of hydrazine groups is 1. The minimum atomic E-state index is -0.427. The van der Waals surface area contributed by atoms with Gasteiger partial charge in [-0.2, -0.15) is 0 Å². The van der Waals surface area contributed by atoms with Crippen LogP contribution in [0, 0.1) is 12.7 Å². The van der Waals surface area contributed by atoms with Crippen LogP contribution in [0.15, 0.2) is 42.5 Å². The highest BCUT2D eigenvalue weighted by molar-refractivity contribution is 6.30. The zero-order chi connectivity index (χ0) is 13.8. The molecule has 0 amide bonds. The van der Waals surface area contributed by atoms with Crippen molar-refractivity contribution >= 4 is 11.6 Å². The van der Waals surface area contributed by atoms with Gasteiger partial charge < -0.3 is 0 Å². The molecule has 2 aromatic rings. The first-order valence-electron chi connectivity index (χ1n) is 6.07. The lowest BCUT2D eigenvalue weighted by atomic mass is 9.98. The van der Waals surface area contributed by atoms with Crippen LogP contribution in [-0.4, -0.2) is 0 Å². The standard InChI is InChI=1S/C15H16ClFN2/c1-10-3-2-4-11(7-10)8-15(19-18)12-5-6-13(16)14(17)9-12/h2-7,9,15,19H,8,18H2,1H3. The zero-order valence-electron chi connectivity index (χ0n) is 10.7. The molecule has 1 atom stereocenters. The fourth-order valence-corrected chi connectivity index (χ4v) is 2.19. The van der Waals surface area contributed by atoms with Gasteiger partial charge in [0, 0.05) is 0 Å². The topological polar surface area (TPSA) is 38.0 Å². The van der Waals surface area contributed by atoms with Crippen LogP contribution < -0.4 is 11.3 Å². The van der Waals surface area contributed by atoms with Crippen LogP contribution in [0.25, 0.3) is 0 Å². The molecule has 0 aliphatic carbocycles. The summed E-state index contributed by atoms with van der Waals surface area (Å²) >= 11 is 5.68. The van der Waals surface area contributed by atoms with E-state index in [0.717, 1.165) is 11.1 Å². The average Bonchev–Trinajstić information content (AvgIpc) is 2.39. The summed E-state index contributed by atoms with van der Waals surface area (Å²) in [6.07, 6.45) is 0.694. The molecule has 2 nitrogen and oxygen atoms in total. The first-order chi connectivity index (χ1) is 9.10. The van der Waals surface area contributed by atoms with Crippen LogP contribution in [0.3, 0.4) is 0 Å². The molecule has 0 aliphatic rings. The van der Waals surface area contributed by atoms with Gasteiger partial charge in [0.05, 0.1) is 11.1 Å². The van der Waals surface area contributed by atoms with E-state index in [1.807, 2.05) is 25.1 Å². The summed E-state index contributed by atoms with van der Waals surface area (Å²) in [5, 5.41) is 0.120. The second kappa shape index (κ2) is 6.15. The van der Waals surface area contributed by atoms with Crippen molar-refractivity contribution in [2.24, 2.45) is 5.84 Å². The van der Waals surface area contributed by atoms with E-state index in [4.69, 9.17) is 17.4 Å². The highest BCUT2D eigenvalue weighted by Crippen LogP contribution is 2.22. The summed E-state index contributed by atoms with van der Waals surface area (Å²) in [5.41, 5.74) is 5.85. The number of hydrogen-bond donors (Lipinski definition) is 2. The van der Waals surface area contributed by atoms with Gasteiger partial charge in [0.25, 0.3) is 0 Å². The van der Waals surface area contributed by atoms with Gasteiger partial charge in [-0.25, -0.2) is 4.39 Å². The van der Waals surface area contributed by atoms with Gasteiger partial charge in [-0.05, 0) is 36.6 Å². The van der Waals surface area contributed by atoms with Gasteiger partial charge in [-0.1, -0.05) is 47.5 Å². The van der Waals surface area contributed by atoms with Crippen molar-refractivity contribution in [3.8, 4) is 0 Å². The number of benzene rings is 2. The average molecular weight is 279 g/mol. The minimum absolute atomic E-state index is 0.120. The quantitative estimate of drug-likeness (QED) is 0.663. The van der Waals surface area contributed by atoms with Crippen LogP contribution in [0.2, 0.25) is 5.02 Å². The van der Waals surface area contributed by atoms with Crippen LogP contribution in [0.5, 0.6) is 0 Å². The fraction of sp³-hybridized carbons (Fsp3) is 0.200. The van der Waals surface area contributed by atoms with Crippen molar-refractivity contribution in [2.75, 3.05) is 0 Å². The smallest absolute Gasteiger partial charge is 0.142 e. The molecule has 4 heteroatoms. The first-order valence-corrected chi connectivity index (χ1v) is 6.44. The predicted octanol–water partition coefficient (Wildman–Crippen LogP) is 3.53. The highest BCUT2D eigenvalue weighted by atomic mass is 35.5. The molecule has 3 N–H and O–H groups in total. The summed E-state index contributed by atoms with van der Waals surface area (Å²) in [7, 11) is 0. The van der Waals surface area contributed by atoms with Crippen molar-refractivity contribution in [3.05, 3.63) is 70.0 Å². The molecule has 0 saturated carbocycles. The Morgan fingerprint density at radius 2 is 2.05 bits per heavy atom. The largest absolute Gasteiger partial charge is 0.271 e. The van der Waals surface area contributed by atoms with E-state index < -0.39 is 5.82 Å². The summed E-state index contributed by atoms with van der Waals surface area (Å²) in [4.78, 5) is 0. The maximum atomic E-state index is 13.5. The lowest BCUT2D eigenvalue weighted by Crippen LogP contribution is -2.29. The molecule has 0 spiro atoms. The Morgan fingerprint density at radius 1 is 1.26 bits per heavy atom. The van der Waals surface area contributed by atoms with E-state index in [1.54, 1.807) is 12.1 Å². The SMILES string of the molecule is Cc1cccc(CC(NN)c2ccc(Cl)c(F)c2)c1. The molecule has 0 saturated heterocycles. The normalized spacial score (nSPS) is 12.4. The third kappa shape index (κ3) is 3.53. The van der Waals surface area contributed by atoms with Crippen molar-refractivity contribution in [1.82, 2.24) is 5.43 Å². The van der Waals surface area contributed by atoms with E-state index >= 15 is 0 Å². The molecule has 2 aromatic carbocycles. The van der Waals surface area contributed by atoms with Crippen molar-refractivity contribution in [2.45, 2.75) is 19.4 Å². The van der Waals surface area contributed by atoms with Gasteiger partial charge in [0.15, 0.2) is 0 Å². The van der Waals surface area contributed by atoms with Gasteiger partial charge in [-0.3, -0.25) is 11.3 Å². The van der Waals surface area contributed by atoms with Gasteiger partial charge >= 0.3 is 0 Å². The van der Waals surface area contributed by atoms with E-state index in [9.17, 15) is 4.39 Å². The minimum Gasteiger partial charge on any atom is -0.271 e. The summed E-state index contributed by atoms with van der Waals surface area (Å²) in [5.74, 6) is 5.15. The molecule has 0 aliphatic heterocycles. The molecule has 100 valence electrons. The molecular formula is C15H16ClFN2. The Hall–Kier alpha value is -1.42. The molecule has 0 heterocycles. The predicted molar refractivity (Wildman–Crippen MR) is 76.4 cm³/mol. The Morgan fingerprint density at radius 3 is 2.68 bits per heavy atom. The van der Waals surface area contributed by atoms with Crippen LogP contribution in [0.1, 0.15) is 22.7 Å². The van der Waals surface area contributed by atoms with Crippen LogP contribution in [0.4, 0.5) is 4.39 Å². The molecule has 0 aromatic heterocycles. The van der Waals surface area contributed by atoms with Crippen molar-refractivity contribution in [3.63, 3.8) is 0 Å². The summed E-state index contributed by atoms with van der Waals surface area (Å²) in [6.45, 7) is 2.04. The first kappa shape index (κ1) is 14.0. The molecule has 2 rings (SSSR count). The Bertz CT molecular complexity index is 572. The fourth-order valence-electron chi connectivity index (χ4n) is 2.08. The van der Waals surface area contributed by atoms with E-state index in [2.05, 4.69) is 11.5 Å². The molecule has 19 heavy (non-hydrogen) atoms. The summed E-state index contributed by atoms with van der Waals surface area (Å²) in [6, 6.07) is 12.8. The second-order valence-corrected chi connectivity index (χ2v) is 4.99. The van der Waals surface area contributed by atoms with E-state index in [0.29, 0.717) is 6.42 Å². The van der Waals surface area contributed by atoms with Gasteiger partial charge in [-0.15, -0.1) is 0 Å². The highest BCUT2D eigenvalue weighted by Gasteiger charge is 2.12. The maximum absolute atomic E-state index is 13.5. The molecule has 0 fully saturated rings. The monoisotopic (exact) mass is 278 g/mol. The number of nitrogens with one attached hydrogen (secondary N) is 1. The molecular weight excluding hydrogens is 263 g/mol. The van der Waals surface area contributed by atoms with Crippen molar-refractivity contribution < 1.29 is 4.39 Å². The number of hydrogen-bond acceptors (Lipinski definition) is 2. The van der Waals surface area contributed by atoms with Gasteiger partial charge in [0.1, 0.15) is 5.82 Å². The number of rotatable bonds is 4. The lowest BCUT2D eigenvalue weighted by molar-refractivity contribution is 0.544. The second-order valence-electron chi connectivity index (χ2n) is 4.59. The Labute approximate surface area is 117 Å². The van der Waals surface area contributed by atoms with Crippen molar-refractivity contribution in [1.29, 1.82) is 0 Å². The van der Waals surface area contributed by atoms with E-state index in [1.165, 1.54) is 11.6 Å². The maximum Gasteiger partial charge on any atom is 0.142 e. The van der Waals surface area contributed by atoms with Crippen LogP contribution in [-0.2, 0) is 6.42 Å². The zero-order valence-corrected chi connectivity index (χ0v) is 11.4. The number of halogens is 2. The Kier molecular flexibility index (Phi) is 4.53. The lowest BCUT2D eigenvalue weighted by Gasteiger charge is -2.17. The van der Waals surface area contributed by atoms with E-state index in [-0.39, 0.29) is 11.1 Å². The molecule has 0 radical (unpaired) electrons. The Balaban J connectivity index is 2.22. The number of aryl methyl sites for hydroxylation is 1. The summed E-state index contributed by atoms with van der Waals surface area (Å²) < 4.78 is 13.5. The third-order valence-electron chi connectivity index (χ3n) is 3.07. The molecule has 1 unspecified atom stereocenters. The van der Waals surface area contributed by atoms with Gasteiger partial charge in [0.2, 0.25) is 0 Å².